The van der Waals surface area contributed by atoms with E-state index in [4.69, 9.17) is 28.7 Å². The number of nitrogens with zero attached hydrogens (tertiary/aromatic N) is 7. The zero-order valence-electron chi connectivity index (χ0n) is 39.4. The molecule has 0 radical (unpaired) electrons. The molecule has 3 aliphatic rings. The van der Waals surface area contributed by atoms with Crippen molar-refractivity contribution in [1.29, 1.82) is 0 Å². The highest BCUT2D eigenvalue weighted by Gasteiger charge is 2.46. The number of likely N-dealkylation sites (tertiary alicyclic amines) is 1. The molecular formula is C49H55F6N7O6. The van der Waals surface area contributed by atoms with Crippen molar-refractivity contribution < 1.29 is 54.8 Å². The van der Waals surface area contributed by atoms with Gasteiger partial charge >= 0.3 is 18.3 Å². The van der Waals surface area contributed by atoms with Gasteiger partial charge in [0.05, 0.1) is 37.6 Å². The first-order valence-electron chi connectivity index (χ1n) is 22.4. The van der Waals surface area contributed by atoms with E-state index in [1.54, 1.807) is 105 Å². The molecule has 0 bridgehead atoms. The van der Waals surface area contributed by atoms with Crippen LogP contribution in [-0.4, -0.2) is 114 Å². The summed E-state index contributed by atoms with van der Waals surface area (Å²) < 4.78 is 125. The number of ether oxygens (including phenoxy) is 5. The molecule has 68 heavy (non-hydrogen) atoms. The Bertz CT molecular complexity index is 2620. The van der Waals surface area contributed by atoms with Crippen molar-refractivity contribution in [3.8, 4) is 34.6 Å². The Hall–Kier alpha value is -6.24. The summed E-state index contributed by atoms with van der Waals surface area (Å²) in [6, 6.07) is 12.9. The molecule has 3 aromatic carbocycles. The normalized spacial score (nSPS) is 20.7. The Balaban J connectivity index is 1.31. The molecule has 5 heterocycles. The van der Waals surface area contributed by atoms with Crippen LogP contribution in [0.5, 0.6) is 23.4 Å². The van der Waals surface area contributed by atoms with Gasteiger partial charge in [0.1, 0.15) is 64.2 Å². The number of piperazine rings is 1. The lowest BCUT2D eigenvalue weighted by Crippen LogP contribution is -2.64. The van der Waals surface area contributed by atoms with Gasteiger partial charge < -0.3 is 38.4 Å². The van der Waals surface area contributed by atoms with E-state index >= 15 is 22.0 Å². The number of anilines is 2. The van der Waals surface area contributed by atoms with Gasteiger partial charge in [-0.15, -0.1) is 0 Å². The molecule has 5 atom stereocenters. The van der Waals surface area contributed by atoms with Gasteiger partial charge in [0, 0.05) is 44.3 Å². The van der Waals surface area contributed by atoms with Gasteiger partial charge in [-0.1, -0.05) is 24.3 Å². The predicted molar refractivity (Wildman–Crippen MR) is 243 cm³/mol. The number of pyridine rings is 1. The van der Waals surface area contributed by atoms with Crippen molar-refractivity contribution in [3.63, 3.8) is 0 Å². The molecule has 2 aromatic heterocycles. The van der Waals surface area contributed by atoms with Gasteiger partial charge in [-0.2, -0.15) is 23.1 Å². The van der Waals surface area contributed by atoms with Gasteiger partial charge in [0.25, 0.3) is 0 Å². The van der Waals surface area contributed by atoms with Gasteiger partial charge in [0.2, 0.25) is 5.88 Å². The van der Waals surface area contributed by atoms with E-state index in [0.29, 0.717) is 22.6 Å². The Kier molecular flexibility index (Phi) is 13.3. The highest BCUT2D eigenvalue weighted by atomic mass is 19.4. The summed E-state index contributed by atoms with van der Waals surface area (Å²) in [5, 5.41) is -0.0408. The zero-order chi connectivity index (χ0) is 49.0. The number of halogens is 6. The van der Waals surface area contributed by atoms with Crippen molar-refractivity contribution in [2.24, 2.45) is 0 Å². The first-order valence-corrected chi connectivity index (χ1v) is 22.4. The molecule has 0 saturated carbocycles. The van der Waals surface area contributed by atoms with Gasteiger partial charge in [-0.3, -0.25) is 4.90 Å². The number of carbonyl (C=O) groups is 1. The summed E-state index contributed by atoms with van der Waals surface area (Å²) in [6.45, 7) is 10.2. The highest BCUT2D eigenvalue weighted by Crippen LogP contribution is 2.48. The third kappa shape index (κ3) is 9.58. The molecule has 8 rings (SSSR count). The van der Waals surface area contributed by atoms with Crippen LogP contribution in [0.4, 0.5) is 42.6 Å². The lowest BCUT2D eigenvalue weighted by molar-refractivity contribution is -0.137. The van der Waals surface area contributed by atoms with Gasteiger partial charge in [-0.25, -0.2) is 22.9 Å². The summed E-state index contributed by atoms with van der Waals surface area (Å²) in [5.74, 6) is -1.47. The number of hydrogen-bond donors (Lipinski definition) is 0. The average Bonchev–Trinajstić information content (AvgIpc) is 3.55. The standard InChI is InChI=1S/C49H55F6N7O6/c1-26-38(49(53,54)55)35(21-36(39(26)51)60(22-29-10-14-33(64-8)15-11-29)23-30-12-16-34(65-9)17-13-30)41-40(52)42-37-44(58-46(57-42)66-25-32-20-31(50)24-59(32)7)62-19-18-61(47(63)68-48(4,5)6)27(2)43(62)28(3)67-45(37)56-41/h10-17,21,27-28,31-32,43H,18-20,22-25H2,1-9H3/t27-,28-,31+,32-,43-/m0/s1. The number of methoxy groups -OCH3 is 2. The number of alkyl halides is 4. The number of fused-ring (bicyclic) bond motifs is 2. The summed E-state index contributed by atoms with van der Waals surface area (Å²) >= 11 is 0. The van der Waals surface area contributed by atoms with E-state index < -0.39 is 81.8 Å². The van der Waals surface area contributed by atoms with Crippen LogP contribution in [0.3, 0.4) is 0 Å². The molecule has 0 unspecified atom stereocenters. The van der Waals surface area contributed by atoms with E-state index in [9.17, 15) is 9.18 Å². The van der Waals surface area contributed by atoms with Crippen LogP contribution >= 0.6 is 0 Å². The summed E-state index contributed by atoms with van der Waals surface area (Å²) in [7, 11) is 4.77. The molecule has 0 N–H and O–H groups in total. The number of amides is 1. The SMILES string of the molecule is COc1ccc(CN(Cc2ccc(OC)cc2)c2cc(-c3nc4c5c(nc(OC[C@@H]6C[C@@H](F)CN6C)nc5c3F)N3CCN(C(=O)OC(C)(C)C)[C@@H](C)[C@H]3[C@H](C)O4)c(C(F)(F)F)c(C)c2F)cc1. The first kappa shape index (κ1) is 48.2. The Morgan fingerprint density at radius 3 is 2.06 bits per heavy atom. The molecule has 3 aliphatic heterocycles. The maximum atomic E-state index is 17.8. The molecular weight excluding hydrogens is 897 g/mol. The molecule has 0 spiro atoms. The Morgan fingerprint density at radius 2 is 1.51 bits per heavy atom. The number of carbonyl (C=O) groups excluding carboxylic acids is 1. The Labute approximate surface area is 390 Å². The van der Waals surface area contributed by atoms with Crippen molar-refractivity contribution in [2.45, 2.75) is 103 Å². The second-order valence-corrected chi connectivity index (χ2v) is 18.6. The number of rotatable bonds is 11. The van der Waals surface area contributed by atoms with Gasteiger partial charge in [0.15, 0.2) is 5.82 Å². The summed E-state index contributed by atoms with van der Waals surface area (Å²) in [5.41, 5.74) is -3.97. The minimum atomic E-state index is -5.20. The third-order valence-electron chi connectivity index (χ3n) is 12.8. The van der Waals surface area contributed by atoms with Crippen molar-refractivity contribution in [1.82, 2.24) is 24.8 Å². The monoisotopic (exact) mass is 951 g/mol. The Morgan fingerprint density at radius 1 is 0.897 bits per heavy atom. The maximum absolute atomic E-state index is 17.8. The number of hydrogen-bond acceptors (Lipinski definition) is 12. The molecule has 19 heteroatoms. The van der Waals surface area contributed by atoms with Crippen molar-refractivity contribution in [2.75, 3.05) is 57.3 Å². The van der Waals surface area contributed by atoms with Crippen molar-refractivity contribution >= 4 is 28.5 Å². The van der Waals surface area contributed by atoms with E-state index in [0.717, 1.165) is 13.0 Å². The number of benzene rings is 3. The molecule has 2 saturated heterocycles. The molecule has 1 amide bonds. The van der Waals surface area contributed by atoms with E-state index in [-0.39, 0.29) is 80.6 Å². The van der Waals surface area contributed by atoms with Crippen LogP contribution in [0, 0.1) is 18.6 Å². The number of likely N-dealkylation sites (N-methyl/N-ethyl adjacent to an activating group) is 1. The predicted octanol–water partition coefficient (Wildman–Crippen LogP) is 9.54. The first-order chi connectivity index (χ1) is 32.1. The van der Waals surface area contributed by atoms with Crippen LogP contribution < -0.4 is 28.7 Å². The van der Waals surface area contributed by atoms with E-state index in [1.807, 2.05) is 4.90 Å². The second-order valence-electron chi connectivity index (χ2n) is 18.6. The van der Waals surface area contributed by atoms with Crippen LogP contribution in [-0.2, 0) is 24.0 Å². The summed E-state index contributed by atoms with van der Waals surface area (Å²) in [4.78, 5) is 34.0. The fraction of sp³-hybridized carbons (Fsp3) is 0.469. The smallest absolute Gasteiger partial charge is 0.417 e. The lowest BCUT2D eigenvalue weighted by Gasteiger charge is -2.47. The lowest BCUT2D eigenvalue weighted by atomic mass is 9.95. The minimum Gasteiger partial charge on any atom is -0.497 e. The highest BCUT2D eigenvalue weighted by molar-refractivity contribution is 5.98. The zero-order valence-corrected chi connectivity index (χ0v) is 39.4. The topological polar surface area (TPSA) is 115 Å². The average molecular weight is 952 g/mol. The number of aromatic nitrogens is 3. The van der Waals surface area contributed by atoms with E-state index in [2.05, 4.69) is 9.97 Å². The van der Waals surface area contributed by atoms with Crippen LogP contribution in [0.15, 0.2) is 54.6 Å². The minimum absolute atomic E-state index is 0.0169. The molecule has 2 fully saturated rings. The molecule has 13 nitrogen and oxygen atoms in total. The van der Waals surface area contributed by atoms with Crippen LogP contribution in [0.1, 0.15) is 63.3 Å². The van der Waals surface area contributed by atoms with E-state index in [1.165, 1.54) is 14.2 Å². The van der Waals surface area contributed by atoms with Crippen molar-refractivity contribution in [3.05, 3.63) is 88.5 Å². The maximum Gasteiger partial charge on any atom is 0.417 e. The van der Waals surface area contributed by atoms with Gasteiger partial charge in [-0.05, 0) is 102 Å². The third-order valence-corrected chi connectivity index (χ3v) is 12.8. The summed E-state index contributed by atoms with van der Waals surface area (Å²) in [6.07, 6.45) is -7.53. The molecule has 0 aliphatic carbocycles. The molecule has 364 valence electrons. The van der Waals surface area contributed by atoms with Crippen LogP contribution in [0.2, 0.25) is 0 Å². The fourth-order valence-electron chi connectivity index (χ4n) is 9.43. The van der Waals surface area contributed by atoms with Crippen LogP contribution in [0.25, 0.3) is 22.2 Å². The molecule has 5 aromatic rings. The quantitative estimate of drug-likeness (QED) is 0.118. The fourth-order valence-corrected chi connectivity index (χ4v) is 9.43. The largest absolute Gasteiger partial charge is 0.497 e. The second kappa shape index (κ2) is 18.7.